The molecule has 0 heterocycles. The third kappa shape index (κ3) is 4.33. The summed E-state index contributed by atoms with van der Waals surface area (Å²) in [5, 5.41) is 0. The Morgan fingerprint density at radius 1 is 0.957 bits per heavy atom. The normalized spacial score (nSPS) is 22.9. The summed E-state index contributed by atoms with van der Waals surface area (Å²) in [4.78, 5) is 0.274. The van der Waals surface area contributed by atoms with Crippen LogP contribution in [0.2, 0.25) is 0 Å². The lowest BCUT2D eigenvalue weighted by atomic mass is 9.83. The molecule has 1 saturated carbocycles. The van der Waals surface area contributed by atoms with Gasteiger partial charge in [-0.15, -0.1) is 0 Å². The molecule has 5 nitrogen and oxygen atoms in total. The zero-order valence-electron chi connectivity index (χ0n) is 13.7. The molecule has 2 atom stereocenters. The Morgan fingerprint density at radius 2 is 1.52 bits per heavy atom. The van der Waals surface area contributed by atoms with Crippen LogP contribution in [-0.4, -0.2) is 28.6 Å². The van der Waals surface area contributed by atoms with Gasteiger partial charge in [0.2, 0.25) is 10.0 Å². The SMILES string of the molecule is CCC1CCCCC1NS(=O)(=O)c1ccc(S(=O)(=O)CC)cc1. The number of rotatable bonds is 6. The number of benzene rings is 1. The second kappa shape index (κ2) is 7.32. The van der Waals surface area contributed by atoms with Gasteiger partial charge in [-0.1, -0.05) is 33.1 Å². The number of sulfonamides is 1. The third-order valence-corrected chi connectivity index (χ3v) is 7.87. The quantitative estimate of drug-likeness (QED) is 0.847. The number of hydrogen-bond donors (Lipinski definition) is 1. The molecule has 0 aliphatic heterocycles. The molecule has 1 aliphatic carbocycles. The highest BCUT2D eigenvalue weighted by Crippen LogP contribution is 2.28. The molecule has 1 aromatic carbocycles. The van der Waals surface area contributed by atoms with Crippen molar-refractivity contribution in [3.8, 4) is 0 Å². The van der Waals surface area contributed by atoms with Gasteiger partial charge in [0.1, 0.15) is 0 Å². The Balaban J connectivity index is 2.19. The Bertz CT molecular complexity index is 724. The van der Waals surface area contributed by atoms with E-state index in [1.165, 1.54) is 24.3 Å². The van der Waals surface area contributed by atoms with E-state index in [9.17, 15) is 16.8 Å². The summed E-state index contributed by atoms with van der Waals surface area (Å²) < 4.78 is 51.5. The molecule has 0 amide bonds. The molecule has 7 heteroatoms. The van der Waals surface area contributed by atoms with E-state index >= 15 is 0 Å². The largest absolute Gasteiger partial charge is 0.240 e. The summed E-state index contributed by atoms with van der Waals surface area (Å²) in [6.45, 7) is 3.65. The highest BCUT2D eigenvalue weighted by molar-refractivity contribution is 7.91. The Morgan fingerprint density at radius 3 is 2.09 bits per heavy atom. The predicted molar refractivity (Wildman–Crippen MR) is 90.5 cm³/mol. The first kappa shape index (κ1) is 18.4. The fraction of sp³-hybridized carbons (Fsp3) is 0.625. The van der Waals surface area contributed by atoms with Gasteiger partial charge in [0.15, 0.2) is 9.84 Å². The minimum absolute atomic E-state index is 0.00238. The van der Waals surface area contributed by atoms with E-state index < -0.39 is 19.9 Å². The van der Waals surface area contributed by atoms with E-state index in [1.807, 2.05) is 0 Å². The van der Waals surface area contributed by atoms with Crippen molar-refractivity contribution in [1.29, 1.82) is 0 Å². The molecule has 0 spiro atoms. The van der Waals surface area contributed by atoms with Crippen LogP contribution in [0, 0.1) is 5.92 Å². The Kier molecular flexibility index (Phi) is 5.86. The maximum atomic E-state index is 12.5. The first-order valence-electron chi connectivity index (χ1n) is 8.15. The summed E-state index contributed by atoms with van der Waals surface area (Å²) in [7, 11) is -6.93. The number of nitrogens with one attached hydrogen (secondary N) is 1. The maximum absolute atomic E-state index is 12.5. The Hall–Kier alpha value is -0.920. The molecule has 23 heavy (non-hydrogen) atoms. The van der Waals surface area contributed by atoms with Crippen molar-refractivity contribution >= 4 is 19.9 Å². The van der Waals surface area contributed by atoms with Gasteiger partial charge in [0, 0.05) is 6.04 Å². The fourth-order valence-corrected chi connectivity index (χ4v) is 5.34. The zero-order valence-corrected chi connectivity index (χ0v) is 15.3. The molecule has 0 saturated heterocycles. The molecule has 0 radical (unpaired) electrons. The van der Waals surface area contributed by atoms with Crippen molar-refractivity contribution in [3.05, 3.63) is 24.3 Å². The minimum Gasteiger partial charge on any atom is -0.224 e. The Labute approximate surface area is 139 Å². The van der Waals surface area contributed by atoms with E-state index in [0.29, 0.717) is 5.92 Å². The smallest absolute Gasteiger partial charge is 0.224 e. The standard InChI is InChI=1S/C16H25NO4S2/c1-3-13-7-5-6-8-16(13)17-23(20,21)15-11-9-14(10-12-15)22(18,19)4-2/h9-13,16-17H,3-8H2,1-2H3. The molecular formula is C16H25NO4S2. The molecular weight excluding hydrogens is 334 g/mol. The lowest BCUT2D eigenvalue weighted by Gasteiger charge is -2.31. The molecule has 0 aromatic heterocycles. The fourth-order valence-electron chi connectivity index (χ4n) is 3.11. The van der Waals surface area contributed by atoms with Crippen molar-refractivity contribution in [2.75, 3.05) is 5.75 Å². The van der Waals surface area contributed by atoms with Crippen LogP contribution in [0.5, 0.6) is 0 Å². The average Bonchev–Trinajstić information content (AvgIpc) is 2.55. The third-order valence-electron chi connectivity index (χ3n) is 4.61. The highest BCUT2D eigenvalue weighted by atomic mass is 32.2. The van der Waals surface area contributed by atoms with Crippen LogP contribution in [0.1, 0.15) is 46.0 Å². The molecule has 1 fully saturated rings. The van der Waals surface area contributed by atoms with E-state index in [-0.39, 0.29) is 21.6 Å². The zero-order chi connectivity index (χ0) is 17.1. The van der Waals surface area contributed by atoms with Crippen LogP contribution in [-0.2, 0) is 19.9 Å². The second-order valence-corrected chi connectivity index (χ2v) is 10.0. The van der Waals surface area contributed by atoms with Gasteiger partial charge < -0.3 is 0 Å². The first-order chi connectivity index (χ1) is 10.8. The second-order valence-electron chi connectivity index (χ2n) is 6.06. The van der Waals surface area contributed by atoms with Crippen LogP contribution < -0.4 is 4.72 Å². The molecule has 0 bridgehead atoms. The van der Waals surface area contributed by atoms with Gasteiger partial charge in [-0.2, -0.15) is 0 Å². The van der Waals surface area contributed by atoms with E-state index in [1.54, 1.807) is 6.92 Å². The summed E-state index contributed by atoms with van der Waals surface area (Å²) in [6.07, 6.45) is 5.07. The summed E-state index contributed by atoms with van der Waals surface area (Å²) in [5.41, 5.74) is 0. The van der Waals surface area contributed by atoms with E-state index in [0.717, 1.165) is 32.1 Å². The monoisotopic (exact) mass is 359 g/mol. The number of sulfone groups is 1. The minimum atomic E-state index is -3.62. The summed E-state index contributed by atoms with van der Waals surface area (Å²) in [6, 6.07) is 5.44. The van der Waals surface area contributed by atoms with E-state index in [2.05, 4.69) is 11.6 Å². The van der Waals surface area contributed by atoms with Gasteiger partial charge >= 0.3 is 0 Å². The van der Waals surface area contributed by atoms with E-state index in [4.69, 9.17) is 0 Å². The van der Waals surface area contributed by atoms with Crippen LogP contribution in [0.4, 0.5) is 0 Å². The molecule has 1 N–H and O–H groups in total. The first-order valence-corrected chi connectivity index (χ1v) is 11.3. The predicted octanol–water partition coefficient (Wildman–Crippen LogP) is 2.73. The molecule has 1 aromatic rings. The summed E-state index contributed by atoms with van der Waals surface area (Å²) >= 11 is 0. The molecule has 2 unspecified atom stereocenters. The van der Waals surface area contributed by atoms with Gasteiger partial charge in [-0.3, -0.25) is 0 Å². The van der Waals surface area contributed by atoms with Crippen molar-refractivity contribution in [2.24, 2.45) is 5.92 Å². The van der Waals surface area contributed by atoms with Crippen molar-refractivity contribution < 1.29 is 16.8 Å². The van der Waals surface area contributed by atoms with Gasteiger partial charge in [-0.25, -0.2) is 21.6 Å². The average molecular weight is 360 g/mol. The van der Waals surface area contributed by atoms with Crippen LogP contribution in [0.15, 0.2) is 34.1 Å². The van der Waals surface area contributed by atoms with Crippen LogP contribution in [0.3, 0.4) is 0 Å². The van der Waals surface area contributed by atoms with Gasteiger partial charge in [0.05, 0.1) is 15.5 Å². The van der Waals surface area contributed by atoms with Crippen molar-refractivity contribution in [3.63, 3.8) is 0 Å². The van der Waals surface area contributed by atoms with Crippen molar-refractivity contribution in [1.82, 2.24) is 4.72 Å². The van der Waals surface area contributed by atoms with Crippen molar-refractivity contribution in [2.45, 2.75) is 61.8 Å². The lowest BCUT2D eigenvalue weighted by Crippen LogP contribution is -2.41. The maximum Gasteiger partial charge on any atom is 0.240 e. The van der Waals surface area contributed by atoms with Crippen LogP contribution >= 0.6 is 0 Å². The molecule has 1 aliphatic rings. The summed E-state index contributed by atoms with van der Waals surface area (Å²) in [5.74, 6) is 0.371. The van der Waals surface area contributed by atoms with Crippen LogP contribution in [0.25, 0.3) is 0 Å². The highest BCUT2D eigenvalue weighted by Gasteiger charge is 2.28. The topological polar surface area (TPSA) is 80.3 Å². The number of hydrogen-bond acceptors (Lipinski definition) is 4. The molecule has 130 valence electrons. The molecule has 2 rings (SSSR count). The van der Waals surface area contributed by atoms with Gasteiger partial charge in [-0.05, 0) is 43.0 Å². The van der Waals surface area contributed by atoms with Gasteiger partial charge in [0.25, 0.3) is 0 Å². The lowest BCUT2D eigenvalue weighted by molar-refractivity contribution is 0.282.